The molecule has 0 saturated heterocycles. The zero-order valence-corrected chi connectivity index (χ0v) is 12.9. The number of benzene rings is 1. The van der Waals surface area contributed by atoms with E-state index < -0.39 is 10.0 Å². The Bertz CT molecular complexity index is 576. The van der Waals surface area contributed by atoms with Crippen LogP contribution in [0.1, 0.15) is 19.8 Å². The van der Waals surface area contributed by atoms with Crippen molar-refractivity contribution in [1.29, 1.82) is 0 Å². The summed E-state index contributed by atoms with van der Waals surface area (Å²) in [5.74, 6) is 6.13. The molecule has 20 heavy (non-hydrogen) atoms. The van der Waals surface area contributed by atoms with Crippen molar-refractivity contribution in [3.63, 3.8) is 0 Å². The Morgan fingerprint density at radius 2 is 2.05 bits per heavy atom. The van der Waals surface area contributed by atoms with Crippen LogP contribution >= 0.6 is 11.6 Å². The average Bonchev–Trinajstić information content (AvgIpc) is 2.42. The molecule has 110 valence electrons. The Morgan fingerprint density at radius 1 is 1.30 bits per heavy atom. The smallest absolute Gasteiger partial charge is 0.212 e. The lowest BCUT2D eigenvalue weighted by Gasteiger charge is -2.03. The van der Waals surface area contributed by atoms with Gasteiger partial charge >= 0.3 is 0 Å². The van der Waals surface area contributed by atoms with E-state index in [1.54, 1.807) is 12.1 Å². The minimum atomic E-state index is -3.20. The molecule has 4 nitrogen and oxygen atoms in total. The highest BCUT2D eigenvalue weighted by Gasteiger charge is 2.06. The Kier molecular flexibility index (Phi) is 7.45. The van der Waals surface area contributed by atoms with E-state index in [0.717, 1.165) is 6.42 Å². The fourth-order valence-electron chi connectivity index (χ4n) is 1.34. The molecule has 0 bridgehead atoms. The van der Waals surface area contributed by atoms with Crippen molar-refractivity contribution in [1.82, 2.24) is 4.72 Å². The quantitative estimate of drug-likeness (QED) is 0.786. The monoisotopic (exact) mass is 315 g/mol. The fourth-order valence-corrected chi connectivity index (χ4v) is 2.64. The molecule has 0 fully saturated rings. The fraction of sp³-hybridized carbons (Fsp3) is 0.429. The van der Waals surface area contributed by atoms with Crippen LogP contribution in [0.25, 0.3) is 0 Å². The molecule has 1 aromatic carbocycles. The normalized spacial score (nSPS) is 10.7. The van der Waals surface area contributed by atoms with Gasteiger partial charge in [-0.1, -0.05) is 48.9 Å². The maximum Gasteiger partial charge on any atom is 0.212 e. The molecule has 0 aliphatic heterocycles. The van der Waals surface area contributed by atoms with Crippen molar-refractivity contribution in [2.75, 3.05) is 18.9 Å². The van der Waals surface area contributed by atoms with Crippen molar-refractivity contribution in [3.8, 4) is 17.6 Å². The summed E-state index contributed by atoms with van der Waals surface area (Å²) in [5, 5.41) is 0.523. The molecule has 0 atom stereocenters. The number of halogens is 1. The lowest BCUT2D eigenvalue weighted by molar-refractivity contribution is 0.370. The van der Waals surface area contributed by atoms with E-state index in [4.69, 9.17) is 16.3 Å². The third kappa shape index (κ3) is 6.80. The number of nitrogens with one attached hydrogen (secondary N) is 1. The van der Waals surface area contributed by atoms with Crippen LogP contribution in [-0.2, 0) is 10.0 Å². The molecule has 1 aromatic rings. The highest BCUT2D eigenvalue weighted by molar-refractivity contribution is 7.89. The standard InChI is InChI=1S/C14H18ClNO3S/c1-2-3-12-20(17,18)16-10-6-7-11-19-14-9-5-4-8-13(14)15/h4-5,8-9,16H,2-3,10-12H2,1H3. The van der Waals surface area contributed by atoms with Gasteiger partial charge in [-0.15, -0.1) is 0 Å². The highest BCUT2D eigenvalue weighted by Crippen LogP contribution is 2.22. The Hall–Kier alpha value is -1.22. The van der Waals surface area contributed by atoms with Gasteiger partial charge in [0.05, 0.1) is 17.3 Å². The maximum atomic E-state index is 11.5. The van der Waals surface area contributed by atoms with Crippen LogP contribution in [0.5, 0.6) is 5.75 Å². The summed E-state index contributed by atoms with van der Waals surface area (Å²) in [7, 11) is -3.20. The molecule has 0 radical (unpaired) electrons. The first-order valence-corrected chi connectivity index (χ1v) is 8.38. The van der Waals surface area contributed by atoms with E-state index >= 15 is 0 Å². The summed E-state index contributed by atoms with van der Waals surface area (Å²) >= 11 is 5.91. The first-order valence-electron chi connectivity index (χ1n) is 6.35. The number of rotatable bonds is 7. The topological polar surface area (TPSA) is 55.4 Å². The summed E-state index contributed by atoms with van der Waals surface area (Å²) in [6, 6.07) is 7.10. The van der Waals surface area contributed by atoms with Gasteiger partial charge in [0, 0.05) is 0 Å². The molecule has 0 saturated carbocycles. The van der Waals surface area contributed by atoms with Gasteiger partial charge in [0.1, 0.15) is 12.4 Å². The van der Waals surface area contributed by atoms with Crippen LogP contribution < -0.4 is 9.46 Å². The predicted octanol–water partition coefficient (Wildman–Crippen LogP) is 2.44. The van der Waals surface area contributed by atoms with E-state index in [-0.39, 0.29) is 18.9 Å². The first-order chi connectivity index (χ1) is 9.55. The Labute approximate surface area is 125 Å². The van der Waals surface area contributed by atoms with E-state index in [2.05, 4.69) is 16.6 Å². The molecule has 1 rings (SSSR count). The van der Waals surface area contributed by atoms with Crippen molar-refractivity contribution >= 4 is 21.6 Å². The molecule has 0 spiro atoms. The zero-order valence-electron chi connectivity index (χ0n) is 11.4. The lowest BCUT2D eigenvalue weighted by Crippen LogP contribution is -2.26. The van der Waals surface area contributed by atoms with E-state index in [9.17, 15) is 8.42 Å². The summed E-state index contributed by atoms with van der Waals surface area (Å²) in [6.45, 7) is 2.21. The van der Waals surface area contributed by atoms with Gasteiger partial charge in [0.15, 0.2) is 0 Å². The van der Waals surface area contributed by atoms with Crippen molar-refractivity contribution in [2.24, 2.45) is 0 Å². The molecule has 6 heteroatoms. The number of ether oxygens (including phenoxy) is 1. The SMILES string of the molecule is CCCCS(=O)(=O)NCC#CCOc1ccccc1Cl. The molecule has 0 aromatic heterocycles. The maximum absolute atomic E-state index is 11.5. The van der Waals surface area contributed by atoms with Gasteiger partial charge in [-0.2, -0.15) is 0 Å². The first kappa shape index (κ1) is 16.8. The van der Waals surface area contributed by atoms with Gasteiger partial charge in [-0.05, 0) is 18.6 Å². The second kappa shape index (κ2) is 8.85. The number of hydrogen-bond acceptors (Lipinski definition) is 3. The van der Waals surface area contributed by atoms with Crippen molar-refractivity contribution in [3.05, 3.63) is 29.3 Å². The molecule has 0 unspecified atom stereocenters. The van der Waals surface area contributed by atoms with Gasteiger partial charge in [0.2, 0.25) is 10.0 Å². The Morgan fingerprint density at radius 3 is 2.75 bits per heavy atom. The van der Waals surface area contributed by atoms with Crippen LogP contribution in [0.15, 0.2) is 24.3 Å². The minimum absolute atomic E-state index is 0.0952. The summed E-state index contributed by atoms with van der Waals surface area (Å²) in [4.78, 5) is 0. The van der Waals surface area contributed by atoms with E-state index in [0.29, 0.717) is 17.2 Å². The van der Waals surface area contributed by atoms with E-state index in [1.807, 2.05) is 19.1 Å². The van der Waals surface area contributed by atoms with Crippen LogP contribution in [0, 0.1) is 11.8 Å². The third-order valence-electron chi connectivity index (χ3n) is 2.41. The molecular formula is C14H18ClNO3S. The molecule has 1 N–H and O–H groups in total. The average molecular weight is 316 g/mol. The molecule has 0 heterocycles. The highest BCUT2D eigenvalue weighted by atomic mass is 35.5. The molecule has 0 amide bonds. The summed E-state index contributed by atoms with van der Waals surface area (Å²) < 4.78 is 30.7. The number of unbranched alkanes of at least 4 members (excludes halogenated alkanes) is 1. The van der Waals surface area contributed by atoms with Gasteiger partial charge in [-0.3, -0.25) is 0 Å². The van der Waals surface area contributed by atoms with Crippen LogP contribution in [-0.4, -0.2) is 27.3 Å². The Balaban J connectivity index is 2.29. The molecule has 0 aliphatic rings. The largest absolute Gasteiger partial charge is 0.479 e. The minimum Gasteiger partial charge on any atom is -0.479 e. The van der Waals surface area contributed by atoms with E-state index in [1.165, 1.54) is 0 Å². The van der Waals surface area contributed by atoms with Crippen molar-refractivity contribution < 1.29 is 13.2 Å². The van der Waals surface area contributed by atoms with Gasteiger partial charge in [0.25, 0.3) is 0 Å². The van der Waals surface area contributed by atoms with Gasteiger partial charge < -0.3 is 4.74 Å². The second-order valence-corrected chi connectivity index (χ2v) is 6.40. The van der Waals surface area contributed by atoms with Crippen LogP contribution in [0.4, 0.5) is 0 Å². The van der Waals surface area contributed by atoms with Crippen LogP contribution in [0.2, 0.25) is 5.02 Å². The second-order valence-electron chi connectivity index (χ2n) is 4.07. The van der Waals surface area contributed by atoms with Crippen molar-refractivity contribution in [2.45, 2.75) is 19.8 Å². The molecule has 0 aliphatic carbocycles. The molecular weight excluding hydrogens is 298 g/mol. The summed E-state index contributed by atoms with van der Waals surface area (Å²) in [5.41, 5.74) is 0. The number of para-hydroxylation sites is 1. The number of sulfonamides is 1. The summed E-state index contributed by atoms with van der Waals surface area (Å²) in [6.07, 6.45) is 1.50. The van der Waals surface area contributed by atoms with Gasteiger partial charge in [-0.25, -0.2) is 13.1 Å². The third-order valence-corrected chi connectivity index (χ3v) is 4.13. The lowest BCUT2D eigenvalue weighted by atomic mass is 10.3. The predicted molar refractivity (Wildman–Crippen MR) is 81.4 cm³/mol. The van der Waals surface area contributed by atoms with Crippen LogP contribution in [0.3, 0.4) is 0 Å². The zero-order chi connectivity index (χ0) is 14.8. The number of hydrogen-bond donors (Lipinski definition) is 1.